The van der Waals surface area contributed by atoms with Gasteiger partial charge in [0.25, 0.3) is 5.91 Å². The van der Waals surface area contributed by atoms with E-state index >= 15 is 0 Å². The maximum atomic E-state index is 13.8. The van der Waals surface area contributed by atoms with E-state index in [4.69, 9.17) is 0 Å². The Kier molecular flexibility index (Phi) is 3.92. The fraction of sp³-hybridized carbons (Fsp3) is 0.231. The average molecular weight is 280 g/mol. The van der Waals surface area contributed by atoms with Crippen LogP contribution in [0.1, 0.15) is 34.6 Å². The van der Waals surface area contributed by atoms with Gasteiger partial charge < -0.3 is 5.11 Å². The quantitative estimate of drug-likeness (QED) is 0.908. The van der Waals surface area contributed by atoms with Crippen molar-refractivity contribution in [3.63, 3.8) is 0 Å². The first-order valence-electron chi connectivity index (χ1n) is 5.69. The summed E-state index contributed by atoms with van der Waals surface area (Å²) in [4.78, 5) is 16.0. The Morgan fingerprint density at radius 1 is 1.53 bits per heavy atom. The molecule has 1 unspecified atom stereocenters. The Bertz CT molecular complexity index is 610. The van der Waals surface area contributed by atoms with Gasteiger partial charge in [0, 0.05) is 5.38 Å². The van der Waals surface area contributed by atoms with Gasteiger partial charge >= 0.3 is 0 Å². The monoisotopic (exact) mass is 280 g/mol. The molecule has 0 fully saturated rings. The molecule has 1 amide bonds. The Morgan fingerprint density at radius 2 is 2.26 bits per heavy atom. The molecule has 0 bridgehead atoms. The van der Waals surface area contributed by atoms with Crippen molar-refractivity contribution in [2.24, 2.45) is 0 Å². The van der Waals surface area contributed by atoms with Gasteiger partial charge in [0.1, 0.15) is 5.82 Å². The maximum absolute atomic E-state index is 13.8. The van der Waals surface area contributed by atoms with Crippen LogP contribution in [0.3, 0.4) is 0 Å². The van der Waals surface area contributed by atoms with Crippen LogP contribution < -0.4 is 5.32 Å². The van der Waals surface area contributed by atoms with Crippen LogP contribution in [-0.4, -0.2) is 16.0 Å². The van der Waals surface area contributed by atoms with E-state index in [1.54, 1.807) is 31.4 Å². The summed E-state index contributed by atoms with van der Waals surface area (Å²) in [6.07, 6.45) is -0.697. The van der Waals surface area contributed by atoms with Crippen LogP contribution >= 0.6 is 11.3 Å². The number of carbonyl (C=O) groups excluding carboxylic acids is 1. The molecule has 0 saturated heterocycles. The zero-order chi connectivity index (χ0) is 14.0. The van der Waals surface area contributed by atoms with Gasteiger partial charge in [-0.1, -0.05) is 12.1 Å². The van der Waals surface area contributed by atoms with Gasteiger partial charge in [0.05, 0.1) is 17.4 Å². The van der Waals surface area contributed by atoms with Gasteiger partial charge in [-0.2, -0.15) is 0 Å². The molecule has 2 N–H and O–H groups in total. The van der Waals surface area contributed by atoms with Crippen molar-refractivity contribution in [3.8, 4) is 0 Å². The van der Waals surface area contributed by atoms with Crippen LogP contribution in [0.5, 0.6) is 0 Å². The van der Waals surface area contributed by atoms with Crippen LogP contribution in [0.25, 0.3) is 0 Å². The topological polar surface area (TPSA) is 62.2 Å². The minimum Gasteiger partial charge on any atom is -0.387 e. The van der Waals surface area contributed by atoms with Crippen LogP contribution in [0.4, 0.5) is 9.52 Å². The fourth-order valence-corrected chi connectivity index (χ4v) is 2.31. The smallest absolute Gasteiger partial charge is 0.260 e. The summed E-state index contributed by atoms with van der Waals surface area (Å²) < 4.78 is 13.8. The lowest BCUT2D eigenvalue weighted by molar-refractivity contribution is 0.102. The molecular formula is C13H13FN2O2S. The van der Waals surface area contributed by atoms with Gasteiger partial charge in [-0.25, -0.2) is 9.37 Å². The van der Waals surface area contributed by atoms with Gasteiger partial charge in [0.2, 0.25) is 0 Å². The Morgan fingerprint density at radius 3 is 2.89 bits per heavy atom. The highest BCUT2D eigenvalue weighted by Gasteiger charge is 2.15. The number of hydrogen-bond donors (Lipinski definition) is 2. The van der Waals surface area contributed by atoms with Crippen LogP contribution in [0.2, 0.25) is 0 Å². The molecule has 6 heteroatoms. The summed E-state index contributed by atoms with van der Waals surface area (Å²) in [6, 6.07) is 4.64. The molecule has 1 heterocycles. The first-order valence-corrected chi connectivity index (χ1v) is 6.57. The number of halogens is 1. The third kappa shape index (κ3) is 2.97. The van der Waals surface area contributed by atoms with Crippen molar-refractivity contribution in [1.82, 2.24) is 4.98 Å². The minimum absolute atomic E-state index is 0.0196. The number of carbonyl (C=O) groups is 1. The largest absolute Gasteiger partial charge is 0.387 e. The first kappa shape index (κ1) is 13.6. The van der Waals surface area contributed by atoms with Gasteiger partial charge in [-0.15, -0.1) is 11.3 Å². The molecule has 0 saturated carbocycles. The first-order chi connectivity index (χ1) is 8.99. The van der Waals surface area contributed by atoms with Gasteiger partial charge in [-0.3, -0.25) is 10.1 Å². The molecule has 0 aliphatic heterocycles. The van der Waals surface area contributed by atoms with Crippen molar-refractivity contribution >= 4 is 22.4 Å². The van der Waals surface area contributed by atoms with E-state index in [2.05, 4.69) is 10.3 Å². The molecule has 100 valence electrons. The normalized spacial score (nSPS) is 12.2. The van der Waals surface area contributed by atoms with E-state index in [0.717, 1.165) is 0 Å². The standard InChI is InChI=1S/C13H13FN2O2S/c1-7-4-3-5-9(11(7)14)12(18)16-13-15-10(6-19-13)8(2)17/h3-6,8,17H,1-2H3,(H,15,16,18). The molecule has 0 spiro atoms. The summed E-state index contributed by atoms with van der Waals surface area (Å²) in [5.74, 6) is -1.08. The lowest BCUT2D eigenvalue weighted by Gasteiger charge is -2.05. The summed E-state index contributed by atoms with van der Waals surface area (Å²) in [5, 5.41) is 13.8. The van der Waals surface area contributed by atoms with E-state index < -0.39 is 17.8 Å². The number of rotatable bonds is 3. The number of amides is 1. The summed E-state index contributed by atoms with van der Waals surface area (Å²) >= 11 is 1.19. The number of aliphatic hydroxyl groups is 1. The molecule has 2 rings (SSSR count). The minimum atomic E-state index is -0.697. The SMILES string of the molecule is Cc1cccc(C(=O)Nc2nc(C(C)O)cs2)c1F. The Labute approximate surface area is 113 Å². The molecular weight excluding hydrogens is 267 g/mol. The highest BCUT2D eigenvalue weighted by molar-refractivity contribution is 7.14. The Balaban J connectivity index is 2.18. The fourth-order valence-electron chi connectivity index (χ4n) is 1.52. The lowest BCUT2D eigenvalue weighted by Crippen LogP contribution is -2.14. The third-order valence-corrected chi connectivity index (χ3v) is 3.38. The molecule has 0 radical (unpaired) electrons. The molecule has 19 heavy (non-hydrogen) atoms. The second-order valence-corrected chi connectivity index (χ2v) is 5.00. The zero-order valence-corrected chi connectivity index (χ0v) is 11.3. The molecule has 4 nitrogen and oxygen atoms in total. The lowest BCUT2D eigenvalue weighted by atomic mass is 10.1. The van der Waals surface area contributed by atoms with Crippen molar-refractivity contribution in [2.75, 3.05) is 5.32 Å². The number of nitrogens with one attached hydrogen (secondary N) is 1. The maximum Gasteiger partial charge on any atom is 0.260 e. The van der Waals surface area contributed by atoms with Crippen molar-refractivity contribution < 1.29 is 14.3 Å². The number of nitrogens with zero attached hydrogens (tertiary/aromatic N) is 1. The van der Waals surface area contributed by atoms with E-state index in [1.165, 1.54) is 17.4 Å². The molecule has 2 aromatic rings. The van der Waals surface area contributed by atoms with Gasteiger partial charge in [0.15, 0.2) is 5.13 Å². The van der Waals surface area contributed by atoms with Crippen molar-refractivity contribution in [1.29, 1.82) is 0 Å². The van der Waals surface area contributed by atoms with Gasteiger partial charge in [-0.05, 0) is 25.5 Å². The number of thiazole rings is 1. The number of benzene rings is 1. The second kappa shape index (κ2) is 5.46. The average Bonchev–Trinajstić information content (AvgIpc) is 2.81. The summed E-state index contributed by atoms with van der Waals surface area (Å²) in [7, 11) is 0. The number of aryl methyl sites for hydroxylation is 1. The highest BCUT2D eigenvalue weighted by Crippen LogP contribution is 2.21. The molecule has 0 aliphatic carbocycles. The summed E-state index contributed by atoms with van der Waals surface area (Å²) in [5.41, 5.74) is 0.871. The number of aliphatic hydroxyl groups excluding tert-OH is 1. The number of aromatic nitrogens is 1. The third-order valence-electron chi connectivity index (χ3n) is 2.61. The second-order valence-electron chi connectivity index (χ2n) is 4.14. The predicted molar refractivity (Wildman–Crippen MR) is 71.8 cm³/mol. The molecule has 1 atom stereocenters. The zero-order valence-electron chi connectivity index (χ0n) is 10.5. The molecule has 1 aromatic carbocycles. The van der Waals surface area contributed by atoms with Crippen molar-refractivity contribution in [3.05, 3.63) is 46.2 Å². The number of hydrogen-bond acceptors (Lipinski definition) is 4. The van der Waals surface area contributed by atoms with Crippen LogP contribution in [0, 0.1) is 12.7 Å². The predicted octanol–water partition coefficient (Wildman–Crippen LogP) is 2.90. The van der Waals surface area contributed by atoms with E-state index in [1.807, 2.05) is 0 Å². The highest BCUT2D eigenvalue weighted by atomic mass is 32.1. The summed E-state index contributed by atoms with van der Waals surface area (Å²) in [6.45, 7) is 3.18. The van der Waals surface area contributed by atoms with E-state index in [-0.39, 0.29) is 5.56 Å². The van der Waals surface area contributed by atoms with E-state index in [9.17, 15) is 14.3 Å². The van der Waals surface area contributed by atoms with Crippen LogP contribution in [0.15, 0.2) is 23.6 Å². The van der Waals surface area contributed by atoms with Crippen molar-refractivity contribution in [2.45, 2.75) is 20.0 Å². The van der Waals surface area contributed by atoms with E-state index in [0.29, 0.717) is 16.4 Å². The van der Waals surface area contributed by atoms with Crippen LogP contribution in [-0.2, 0) is 0 Å². The number of anilines is 1. The Hall–Kier alpha value is -1.79. The molecule has 1 aromatic heterocycles. The molecule has 0 aliphatic rings.